The molecule has 3 unspecified atom stereocenters. The summed E-state index contributed by atoms with van der Waals surface area (Å²) >= 11 is 0. The third-order valence-electron chi connectivity index (χ3n) is 3.23. The van der Waals surface area contributed by atoms with E-state index in [1.807, 2.05) is 0 Å². The minimum atomic E-state index is 0.445. The molecule has 0 bridgehead atoms. The summed E-state index contributed by atoms with van der Waals surface area (Å²) in [6, 6.07) is 1.41. The van der Waals surface area contributed by atoms with Crippen molar-refractivity contribution in [1.82, 2.24) is 5.32 Å². The second-order valence-electron chi connectivity index (χ2n) is 4.55. The van der Waals surface area contributed by atoms with Gasteiger partial charge in [0.1, 0.15) is 0 Å². The third-order valence-corrected chi connectivity index (χ3v) is 3.23. The smallest absolute Gasteiger partial charge is 0.0561 e. The second kappa shape index (κ2) is 4.94. The van der Waals surface area contributed by atoms with E-state index in [2.05, 4.69) is 24.4 Å². The Morgan fingerprint density at radius 3 is 2.86 bits per heavy atom. The molecule has 0 amide bonds. The minimum absolute atomic E-state index is 0.445. The first kappa shape index (κ1) is 10.2. The Labute approximate surface area is 86.7 Å². The van der Waals surface area contributed by atoms with Gasteiger partial charge in [0, 0.05) is 18.7 Å². The fourth-order valence-corrected chi connectivity index (χ4v) is 2.43. The number of nitrogens with one attached hydrogen (secondary N) is 1. The lowest BCUT2D eigenvalue weighted by molar-refractivity contribution is 0.0110. The molecule has 2 heteroatoms. The highest BCUT2D eigenvalue weighted by Gasteiger charge is 2.21. The van der Waals surface area contributed by atoms with Crippen molar-refractivity contribution in [3.05, 3.63) is 12.2 Å². The van der Waals surface area contributed by atoms with Gasteiger partial charge in [-0.3, -0.25) is 0 Å². The van der Waals surface area contributed by atoms with E-state index in [1.54, 1.807) is 0 Å². The summed E-state index contributed by atoms with van der Waals surface area (Å²) in [7, 11) is 0. The number of ether oxygens (including phenoxy) is 1. The summed E-state index contributed by atoms with van der Waals surface area (Å²) in [4.78, 5) is 0. The molecule has 14 heavy (non-hydrogen) atoms. The van der Waals surface area contributed by atoms with Gasteiger partial charge in [0.15, 0.2) is 0 Å². The fraction of sp³-hybridized carbons (Fsp3) is 0.833. The second-order valence-corrected chi connectivity index (χ2v) is 4.55. The quantitative estimate of drug-likeness (QED) is 0.682. The van der Waals surface area contributed by atoms with E-state index in [0.717, 1.165) is 12.6 Å². The predicted molar refractivity (Wildman–Crippen MR) is 58.4 cm³/mol. The van der Waals surface area contributed by atoms with Crippen LogP contribution in [0.2, 0.25) is 0 Å². The lowest BCUT2D eigenvalue weighted by Crippen LogP contribution is -2.43. The van der Waals surface area contributed by atoms with E-state index in [4.69, 9.17) is 4.74 Å². The number of hydrogen-bond acceptors (Lipinski definition) is 2. The number of rotatable bonds is 2. The molecule has 0 aromatic heterocycles. The van der Waals surface area contributed by atoms with Crippen LogP contribution in [0, 0.1) is 0 Å². The summed E-state index contributed by atoms with van der Waals surface area (Å²) < 4.78 is 5.54. The normalized spacial score (nSPS) is 38.5. The molecule has 1 aliphatic heterocycles. The zero-order valence-corrected chi connectivity index (χ0v) is 9.04. The van der Waals surface area contributed by atoms with Gasteiger partial charge in [0.05, 0.1) is 6.10 Å². The average molecular weight is 195 g/mol. The van der Waals surface area contributed by atoms with Crippen molar-refractivity contribution in [3.63, 3.8) is 0 Å². The van der Waals surface area contributed by atoms with Crippen molar-refractivity contribution < 1.29 is 4.74 Å². The van der Waals surface area contributed by atoms with Crippen LogP contribution in [-0.4, -0.2) is 24.8 Å². The van der Waals surface area contributed by atoms with Crippen molar-refractivity contribution >= 4 is 0 Å². The first-order valence-electron chi connectivity index (χ1n) is 5.87. The number of allylic oxidation sites excluding steroid dienone is 1. The zero-order valence-electron chi connectivity index (χ0n) is 9.04. The van der Waals surface area contributed by atoms with Gasteiger partial charge in [-0.2, -0.15) is 0 Å². The maximum absolute atomic E-state index is 5.54. The molecular weight excluding hydrogens is 174 g/mol. The molecule has 1 fully saturated rings. The van der Waals surface area contributed by atoms with E-state index in [1.165, 1.54) is 32.1 Å². The maximum atomic E-state index is 5.54. The Bertz CT molecular complexity index is 202. The van der Waals surface area contributed by atoms with Gasteiger partial charge in [0.2, 0.25) is 0 Å². The monoisotopic (exact) mass is 195 g/mol. The Hall–Kier alpha value is -0.340. The summed E-state index contributed by atoms with van der Waals surface area (Å²) in [5.74, 6) is 0. The van der Waals surface area contributed by atoms with E-state index in [-0.39, 0.29) is 0 Å². The van der Waals surface area contributed by atoms with Crippen molar-refractivity contribution in [1.29, 1.82) is 0 Å². The van der Waals surface area contributed by atoms with Crippen molar-refractivity contribution in [2.24, 2.45) is 0 Å². The maximum Gasteiger partial charge on any atom is 0.0561 e. The molecule has 1 heterocycles. The largest absolute Gasteiger partial charge is 0.378 e. The van der Waals surface area contributed by atoms with Crippen LogP contribution in [0.3, 0.4) is 0 Å². The molecule has 2 aliphatic rings. The summed E-state index contributed by atoms with van der Waals surface area (Å²) in [6.45, 7) is 3.11. The molecule has 1 saturated heterocycles. The van der Waals surface area contributed by atoms with E-state index < -0.39 is 0 Å². The first-order valence-corrected chi connectivity index (χ1v) is 5.87. The molecule has 0 radical (unpaired) electrons. The van der Waals surface area contributed by atoms with Crippen molar-refractivity contribution in [2.75, 3.05) is 6.61 Å². The fourth-order valence-electron chi connectivity index (χ4n) is 2.43. The molecule has 80 valence electrons. The van der Waals surface area contributed by atoms with Gasteiger partial charge in [-0.15, -0.1) is 0 Å². The molecule has 0 spiro atoms. The molecule has 0 aromatic carbocycles. The molecule has 1 N–H and O–H groups in total. The first-order chi connectivity index (χ1) is 6.84. The van der Waals surface area contributed by atoms with E-state index >= 15 is 0 Å². The average Bonchev–Trinajstić information content (AvgIpc) is 2.19. The highest BCUT2D eigenvalue weighted by Crippen LogP contribution is 2.17. The Morgan fingerprint density at radius 1 is 1.21 bits per heavy atom. The Balaban J connectivity index is 1.75. The van der Waals surface area contributed by atoms with Crippen LogP contribution in [0.25, 0.3) is 0 Å². The Morgan fingerprint density at radius 2 is 2.14 bits per heavy atom. The SMILES string of the molecule is CC1CC(NC2CC=CCC2)CCO1. The lowest BCUT2D eigenvalue weighted by atomic mass is 9.98. The van der Waals surface area contributed by atoms with Crippen LogP contribution in [0.4, 0.5) is 0 Å². The molecule has 2 nitrogen and oxygen atoms in total. The van der Waals surface area contributed by atoms with Gasteiger partial charge >= 0.3 is 0 Å². The minimum Gasteiger partial charge on any atom is -0.378 e. The van der Waals surface area contributed by atoms with Crippen LogP contribution in [0.5, 0.6) is 0 Å². The standard InChI is InChI=1S/C12H21NO/c1-10-9-12(7-8-14-10)13-11-5-3-2-4-6-11/h2-3,10-13H,4-9H2,1H3. The third kappa shape index (κ3) is 2.82. The van der Waals surface area contributed by atoms with Crippen LogP contribution in [0.15, 0.2) is 12.2 Å². The zero-order chi connectivity index (χ0) is 9.80. The summed E-state index contributed by atoms with van der Waals surface area (Å²) in [6.07, 6.45) is 11.2. The molecule has 1 aliphatic carbocycles. The van der Waals surface area contributed by atoms with Crippen molar-refractivity contribution in [2.45, 2.75) is 57.2 Å². The molecule has 2 rings (SSSR count). The number of hydrogen-bond donors (Lipinski definition) is 1. The van der Waals surface area contributed by atoms with E-state index in [0.29, 0.717) is 12.1 Å². The van der Waals surface area contributed by atoms with Crippen LogP contribution in [-0.2, 0) is 4.74 Å². The van der Waals surface area contributed by atoms with E-state index in [9.17, 15) is 0 Å². The van der Waals surface area contributed by atoms with Crippen LogP contribution >= 0.6 is 0 Å². The lowest BCUT2D eigenvalue weighted by Gasteiger charge is -2.32. The summed E-state index contributed by atoms with van der Waals surface area (Å²) in [5.41, 5.74) is 0. The van der Waals surface area contributed by atoms with Crippen molar-refractivity contribution in [3.8, 4) is 0 Å². The van der Waals surface area contributed by atoms with Gasteiger partial charge < -0.3 is 10.1 Å². The van der Waals surface area contributed by atoms with Gasteiger partial charge in [0.25, 0.3) is 0 Å². The molecular formula is C12H21NO. The molecule has 0 aromatic rings. The highest BCUT2D eigenvalue weighted by atomic mass is 16.5. The molecule has 0 saturated carbocycles. The van der Waals surface area contributed by atoms with Crippen LogP contribution in [0.1, 0.15) is 39.0 Å². The summed E-state index contributed by atoms with van der Waals surface area (Å²) in [5, 5.41) is 3.76. The Kier molecular flexibility index (Phi) is 3.60. The highest BCUT2D eigenvalue weighted by molar-refractivity contribution is 4.94. The van der Waals surface area contributed by atoms with Gasteiger partial charge in [-0.1, -0.05) is 12.2 Å². The predicted octanol–water partition coefficient (Wildman–Crippen LogP) is 2.25. The van der Waals surface area contributed by atoms with Gasteiger partial charge in [-0.05, 0) is 39.0 Å². The molecule has 3 atom stereocenters. The topological polar surface area (TPSA) is 21.3 Å². The van der Waals surface area contributed by atoms with Crippen LogP contribution < -0.4 is 5.32 Å². The van der Waals surface area contributed by atoms with Gasteiger partial charge in [-0.25, -0.2) is 0 Å².